The Bertz CT molecular complexity index is 803. The molecule has 1 aromatic heterocycles. The number of aromatic nitrogens is 1. The topological polar surface area (TPSA) is 103 Å². The van der Waals surface area contributed by atoms with Gasteiger partial charge in [-0.15, -0.1) is 0 Å². The number of allylic oxidation sites excluding steroid dienone is 2. The van der Waals surface area contributed by atoms with Crippen LogP contribution in [0, 0.1) is 5.82 Å². The number of hydrogen-bond acceptors (Lipinski definition) is 5. The highest BCUT2D eigenvalue weighted by Crippen LogP contribution is 2.16. The van der Waals surface area contributed by atoms with Crippen molar-refractivity contribution in [2.75, 3.05) is 7.11 Å². The van der Waals surface area contributed by atoms with Gasteiger partial charge in [0.15, 0.2) is 11.5 Å². The van der Waals surface area contributed by atoms with E-state index in [1.54, 1.807) is 31.4 Å². The molecule has 0 spiro atoms. The molecule has 0 aliphatic heterocycles. The van der Waals surface area contributed by atoms with E-state index in [4.69, 9.17) is 16.2 Å². The fourth-order valence-electron chi connectivity index (χ4n) is 1.86. The number of methoxy groups -OCH3 is 1. The van der Waals surface area contributed by atoms with Crippen molar-refractivity contribution in [3.8, 4) is 5.75 Å². The number of hydrogen-bond donors (Lipinski definition) is 3. The minimum Gasteiger partial charge on any atom is -0.497 e. The van der Waals surface area contributed by atoms with E-state index in [-0.39, 0.29) is 11.5 Å². The summed E-state index contributed by atoms with van der Waals surface area (Å²) in [6.45, 7) is 0. The maximum absolute atomic E-state index is 13.5. The number of amides is 1. The van der Waals surface area contributed by atoms with E-state index < -0.39 is 11.7 Å². The van der Waals surface area contributed by atoms with Gasteiger partial charge in [-0.25, -0.2) is 9.37 Å². The quantitative estimate of drug-likeness (QED) is 0.726. The van der Waals surface area contributed by atoms with Crippen LogP contribution in [0.25, 0.3) is 5.70 Å². The Balaban J connectivity index is 2.10. The maximum atomic E-state index is 13.5. The Morgan fingerprint density at radius 2 is 2.04 bits per heavy atom. The van der Waals surface area contributed by atoms with Crippen LogP contribution in [0.15, 0.2) is 60.6 Å². The molecular formula is C17H17FN4O2. The number of rotatable bonds is 5. The molecule has 0 saturated heterocycles. The van der Waals surface area contributed by atoms with E-state index in [0.29, 0.717) is 11.4 Å². The Kier molecular flexibility index (Phi) is 5.51. The minimum absolute atomic E-state index is 0.0101. The fourth-order valence-corrected chi connectivity index (χ4v) is 1.86. The highest BCUT2D eigenvalue weighted by atomic mass is 19.1. The second-order valence-corrected chi connectivity index (χ2v) is 4.76. The normalized spacial score (nSPS) is 11.9. The first-order valence-electron chi connectivity index (χ1n) is 7.00. The van der Waals surface area contributed by atoms with Crippen molar-refractivity contribution in [2.45, 2.75) is 0 Å². The molecule has 124 valence electrons. The Labute approximate surface area is 138 Å². The van der Waals surface area contributed by atoms with Crippen molar-refractivity contribution in [2.24, 2.45) is 11.5 Å². The zero-order chi connectivity index (χ0) is 17.5. The molecule has 0 aliphatic carbocycles. The highest BCUT2D eigenvalue weighted by molar-refractivity contribution is 5.93. The number of nitrogens with zero attached hydrogens (tertiary/aromatic N) is 1. The lowest BCUT2D eigenvalue weighted by Crippen LogP contribution is -2.28. The molecule has 0 unspecified atom stereocenters. The van der Waals surface area contributed by atoms with Gasteiger partial charge < -0.3 is 21.5 Å². The molecule has 2 aromatic rings. The number of carbonyl (C=O) groups excluding carboxylic acids is 1. The van der Waals surface area contributed by atoms with Crippen LogP contribution in [-0.4, -0.2) is 18.0 Å². The van der Waals surface area contributed by atoms with Gasteiger partial charge in [-0.1, -0.05) is 12.1 Å². The lowest BCUT2D eigenvalue weighted by molar-refractivity contribution is 0.0956. The third-order valence-corrected chi connectivity index (χ3v) is 3.08. The molecule has 1 amide bonds. The summed E-state index contributed by atoms with van der Waals surface area (Å²) in [5, 5.41) is 2.34. The van der Waals surface area contributed by atoms with Gasteiger partial charge in [0.2, 0.25) is 0 Å². The van der Waals surface area contributed by atoms with Crippen LogP contribution < -0.4 is 21.5 Å². The maximum Gasteiger partial charge on any atom is 0.278 e. The van der Waals surface area contributed by atoms with Gasteiger partial charge in [-0.3, -0.25) is 4.79 Å². The van der Waals surface area contributed by atoms with Crippen LogP contribution in [0.3, 0.4) is 0 Å². The number of ether oxygens (including phenoxy) is 1. The SMILES string of the molecule is COc1cccc(/C(N)=C/C=C(\N)NC(=O)c2ncccc2F)c1. The molecule has 1 aromatic carbocycles. The average Bonchev–Trinajstić information content (AvgIpc) is 2.60. The first kappa shape index (κ1) is 17.0. The summed E-state index contributed by atoms with van der Waals surface area (Å²) in [6.07, 6.45) is 4.26. The van der Waals surface area contributed by atoms with Crippen LogP contribution in [0.5, 0.6) is 5.75 Å². The van der Waals surface area contributed by atoms with Crippen molar-refractivity contribution in [1.82, 2.24) is 10.3 Å². The Hall–Kier alpha value is -3.35. The summed E-state index contributed by atoms with van der Waals surface area (Å²) < 4.78 is 18.6. The van der Waals surface area contributed by atoms with Gasteiger partial charge in [0, 0.05) is 17.5 Å². The summed E-state index contributed by atoms with van der Waals surface area (Å²) >= 11 is 0. The fraction of sp³-hybridized carbons (Fsp3) is 0.0588. The van der Waals surface area contributed by atoms with Gasteiger partial charge in [0.25, 0.3) is 5.91 Å². The van der Waals surface area contributed by atoms with Gasteiger partial charge in [0.05, 0.1) is 7.11 Å². The molecule has 0 radical (unpaired) electrons. The van der Waals surface area contributed by atoms with E-state index in [1.165, 1.54) is 24.4 Å². The van der Waals surface area contributed by atoms with E-state index in [9.17, 15) is 9.18 Å². The standard InChI is InChI=1S/C17H17FN4O2/c1-24-12-5-2-4-11(10-12)14(19)7-8-15(20)22-17(23)16-13(18)6-3-9-21-16/h2-10H,19-20H2,1H3,(H,22,23)/b14-7-,15-8+. The molecule has 0 aliphatic rings. The Morgan fingerprint density at radius 3 is 2.75 bits per heavy atom. The van der Waals surface area contributed by atoms with Crippen molar-refractivity contribution >= 4 is 11.6 Å². The molecule has 0 fully saturated rings. The van der Waals surface area contributed by atoms with Crippen molar-refractivity contribution in [3.63, 3.8) is 0 Å². The van der Waals surface area contributed by atoms with Crippen LogP contribution in [0.4, 0.5) is 4.39 Å². The predicted octanol–water partition coefficient (Wildman–Crippen LogP) is 1.76. The molecule has 2 rings (SSSR count). The number of nitrogens with two attached hydrogens (primary N) is 2. The Morgan fingerprint density at radius 1 is 1.25 bits per heavy atom. The third kappa shape index (κ3) is 4.33. The molecule has 0 bridgehead atoms. The van der Waals surface area contributed by atoms with Crippen molar-refractivity contribution in [3.05, 3.63) is 77.6 Å². The van der Waals surface area contributed by atoms with E-state index >= 15 is 0 Å². The molecular weight excluding hydrogens is 311 g/mol. The van der Waals surface area contributed by atoms with Crippen molar-refractivity contribution < 1.29 is 13.9 Å². The van der Waals surface area contributed by atoms with E-state index in [1.807, 2.05) is 0 Å². The molecule has 0 atom stereocenters. The number of halogens is 1. The molecule has 0 saturated carbocycles. The van der Waals surface area contributed by atoms with Crippen LogP contribution >= 0.6 is 0 Å². The molecule has 7 heteroatoms. The largest absolute Gasteiger partial charge is 0.497 e. The minimum atomic E-state index is -0.741. The van der Waals surface area contributed by atoms with Gasteiger partial charge in [0.1, 0.15) is 11.6 Å². The molecule has 5 N–H and O–H groups in total. The number of nitrogens with one attached hydrogen (secondary N) is 1. The van der Waals surface area contributed by atoms with Crippen molar-refractivity contribution in [1.29, 1.82) is 0 Å². The summed E-state index contributed by atoms with van der Waals surface area (Å²) in [7, 11) is 1.56. The first-order chi connectivity index (χ1) is 11.5. The number of benzene rings is 1. The number of carbonyl (C=O) groups is 1. The van der Waals surface area contributed by atoms with Crippen LogP contribution in [0.1, 0.15) is 16.1 Å². The highest BCUT2D eigenvalue weighted by Gasteiger charge is 2.12. The smallest absolute Gasteiger partial charge is 0.278 e. The third-order valence-electron chi connectivity index (χ3n) is 3.08. The zero-order valence-corrected chi connectivity index (χ0v) is 13.0. The van der Waals surface area contributed by atoms with E-state index in [0.717, 1.165) is 11.6 Å². The van der Waals surface area contributed by atoms with Gasteiger partial charge >= 0.3 is 0 Å². The molecule has 1 heterocycles. The number of pyridine rings is 1. The first-order valence-corrected chi connectivity index (χ1v) is 7.00. The second kappa shape index (κ2) is 7.77. The summed E-state index contributed by atoms with van der Waals surface area (Å²) in [4.78, 5) is 15.5. The van der Waals surface area contributed by atoms with E-state index in [2.05, 4.69) is 10.3 Å². The monoisotopic (exact) mass is 328 g/mol. The zero-order valence-electron chi connectivity index (χ0n) is 13.0. The molecule has 6 nitrogen and oxygen atoms in total. The predicted molar refractivity (Wildman–Crippen MR) is 89.1 cm³/mol. The molecule has 24 heavy (non-hydrogen) atoms. The summed E-state index contributed by atoms with van der Waals surface area (Å²) in [6, 6.07) is 9.69. The summed E-state index contributed by atoms with van der Waals surface area (Å²) in [5.41, 5.74) is 12.5. The average molecular weight is 328 g/mol. The van der Waals surface area contributed by atoms with Crippen LogP contribution in [0.2, 0.25) is 0 Å². The van der Waals surface area contributed by atoms with Gasteiger partial charge in [-0.05, 0) is 36.4 Å². The van der Waals surface area contributed by atoms with Gasteiger partial charge in [-0.2, -0.15) is 0 Å². The van der Waals surface area contributed by atoms with Crippen LogP contribution in [-0.2, 0) is 0 Å². The lowest BCUT2D eigenvalue weighted by Gasteiger charge is -2.06. The lowest BCUT2D eigenvalue weighted by atomic mass is 10.1. The summed E-state index contributed by atoms with van der Waals surface area (Å²) in [5.74, 6) is -0.792. The second-order valence-electron chi connectivity index (χ2n) is 4.76.